The van der Waals surface area contributed by atoms with Crippen molar-refractivity contribution in [2.24, 2.45) is 0 Å². The Hall–Kier alpha value is -2.24. The predicted octanol–water partition coefficient (Wildman–Crippen LogP) is 1.76. The standard InChI is InChI=1S/C16H21NO5/c1-17-9-13(18)10(5-6-16(19)22-4)11-7-14(20-2)15(21-3)8-12(11)17/h7-8,10H,5-6,9H2,1-4H3. The number of likely N-dealkylation sites (N-methyl/N-ethyl adjacent to an activating group) is 1. The number of nitrogens with zero attached hydrogens (tertiary/aromatic N) is 1. The lowest BCUT2D eigenvalue weighted by atomic mass is 9.85. The van der Waals surface area contributed by atoms with E-state index >= 15 is 0 Å². The molecule has 1 heterocycles. The lowest BCUT2D eigenvalue weighted by Crippen LogP contribution is -2.35. The summed E-state index contributed by atoms with van der Waals surface area (Å²) in [6, 6.07) is 3.69. The fourth-order valence-corrected chi connectivity index (χ4v) is 2.78. The van der Waals surface area contributed by atoms with Gasteiger partial charge in [0.25, 0.3) is 0 Å². The molecule has 0 bridgehead atoms. The average Bonchev–Trinajstić information content (AvgIpc) is 2.52. The van der Waals surface area contributed by atoms with Gasteiger partial charge in [0.15, 0.2) is 17.3 Å². The number of methoxy groups -OCH3 is 3. The van der Waals surface area contributed by atoms with Crippen molar-refractivity contribution in [3.63, 3.8) is 0 Å². The number of fused-ring (bicyclic) bond motifs is 1. The average molecular weight is 307 g/mol. The molecule has 0 radical (unpaired) electrons. The van der Waals surface area contributed by atoms with Crippen LogP contribution < -0.4 is 14.4 Å². The summed E-state index contributed by atoms with van der Waals surface area (Å²) in [7, 11) is 6.34. The van der Waals surface area contributed by atoms with E-state index in [0.29, 0.717) is 24.5 Å². The molecule has 0 aliphatic carbocycles. The van der Waals surface area contributed by atoms with Gasteiger partial charge in [-0.05, 0) is 18.1 Å². The quantitative estimate of drug-likeness (QED) is 0.772. The van der Waals surface area contributed by atoms with Crippen molar-refractivity contribution in [3.05, 3.63) is 17.7 Å². The summed E-state index contributed by atoms with van der Waals surface area (Å²) in [6.07, 6.45) is 0.645. The molecule has 6 nitrogen and oxygen atoms in total. The maximum Gasteiger partial charge on any atom is 0.305 e. The van der Waals surface area contributed by atoms with E-state index in [1.54, 1.807) is 14.2 Å². The summed E-state index contributed by atoms with van der Waals surface area (Å²) >= 11 is 0. The molecule has 1 aromatic rings. The molecule has 1 aromatic carbocycles. The highest BCUT2D eigenvalue weighted by Gasteiger charge is 2.32. The van der Waals surface area contributed by atoms with Gasteiger partial charge in [-0.3, -0.25) is 9.59 Å². The highest BCUT2D eigenvalue weighted by Crippen LogP contribution is 2.42. The first-order chi connectivity index (χ1) is 10.5. The molecule has 1 atom stereocenters. The van der Waals surface area contributed by atoms with E-state index in [1.165, 1.54) is 7.11 Å². The fourth-order valence-electron chi connectivity index (χ4n) is 2.78. The number of carbonyl (C=O) groups excluding carboxylic acids is 2. The Morgan fingerprint density at radius 3 is 2.45 bits per heavy atom. The molecule has 0 fully saturated rings. The Labute approximate surface area is 129 Å². The Morgan fingerprint density at radius 1 is 1.23 bits per heavy atom. The molecule has 0 aromatic heterocycles. The second kappa shape index (κ2) is 6.68. The van der Waals surface area contributed by atoms with Crippen molar-refractivity contribution in [1.82, 2.24) is 0 Å². The molecule has 0 spiro atoms. The highest BCUT2D eigenvalue weighted by atomic mass is 16.5. The Kier molecular flexibility index (Phi) is 4.90. The van der Waals surface area contributed by atoms with E-state index in [9.17, 15) is 9.59 Å². The minimum Gasteiger partial charge on any atom is -0.493 e. The van der Waals surface area contributed by atoms with Gasteiger partial charge in [-0.2, -0.15) is 0 Å². The number of benzene rings is 1. The first-order valence-electron chi connectivity index (χ1n) is 7.08. The van der Waals surface area contributed by atoms with Crippen LogP contribution in [0, 0.1) is 0 Å². The number of Topliss-reactive ketones (excluding diaryl/α,β-unsaturated/α-hetero) is 1. The zero-order valence-electron chi connectivity index (χ0n) is 13.3. The third-order valence-corrected chi connectivity index (χ3v) is 3.97. The van der Waals surface area contributed by atoms with Crippen LogP contribution in [0.5, 0.6) is 11.5 Å². The van der Waals surface area contributed by atoms with E-state index in [4.69, 9.17) is 9.47 Å². The summed E-state index contributed by atoms with van der Waals surface area (Å²) in [5.74, 6) is 0.645. The van der Waals surface area contributed by atoms with Crippen LogP contribution in [0.4, 0.5) is 5.69 Å². The Balaban J connectivity index is 2.40. The molecule has 1 aliphatic rings. The smallest absolute Gasteiger partial charge is 0.305 e. The molecule has 0 N–H and O–H groups in total. The Morgan fingerprint density at radius 2 is 1.86 bits per heavy atom. The van der Waals surface area contributed by atoms with Gasteiger partial charge in [0.05, 0.1) is 27.9 Å². The molecule has 2 rings (SSSR count). The second-order valence-corrected chi connectivity index (χ2v) is 5.26. The number of hydrogen-bond donors (Lipinski definition) is 0. The van der Waals surface area contributed by atoms with Crippen LogP contribution in [0.3, 0.4) is 0 Å². The summed E-state index contributed by atoms with van der Waals surface area (Å²) in [5, 5.41) is 0. The van der Waals surface area contributed by atoms with Crippen LogP contribution in [-0.2, 0) is 14.3 Å². The van der Waals surface area contributed by atoms with Crippen molar-refractivity contribution < 1.29 is 23.8 Å². The van der Waals surface area contributed by atoms with Gasteiger partial charge in [0.1, 0.15) is 0 Å². The van der Waals surface area contributed by atoms with Crippen molar-refractivity contribution in [2.45, 2.75) is 18.8 Å². The van der Waals surface area contributed by atoms with Gasteiger partial charge in [0.2, 0.25) is 0 Å². The lowest BCUT2D eigenvalue weighted by molar-refractivity contribution is -0.140. The number of hydrogen-bond acceptors (Lipinski definition) is 6. The van der Waals surface area contributed by atoms with Gasteiger partial charge < -0.3 is 19.1 Å². The zero-order chi connectivity index (χ0) is 16.3. The second-order valence-electron chi connectivity index (χ2n) is 5.26. The number of ether oxygens (including phenoxy) is 3. The molecule has 0 amide bonds. The monoisotopic (exact) mass is 307 g/mol. The van der Waals surface area contributed by atoms with Gasteiger partial charge in [-0.15, -0.1) is 0 Å². The van der Waals surface area contributed by atoms with E-state index in [1.807, 2.05) is 24.1 Å². The van der Waals surface area contributed by atoms with Crippen molar-refractivity contribution in [3.8, 4) is 11.5 Å². The van der Waals surface area contributed by atoms with Crippen LogP contribution in [-0.4, -0.2) is 46.7 Å². The topological polar surface area (TPSA) is 65.1 Å². The van der Waals surface area contributed by atoms with Crippen molar-refractivity contribution >= 4 is 17.4 Å². The first-order valence-corrected chi connectivity index (χ1v) is 7.08. The molecular formula is C16H21NO5. The molecular weight excluding hydrogens is 286 g/mol. The van der Waals surface area contributed by atoms with Crippen molar-refractivity contribution in [1.29, 1.82) is 0 Å². The first kappa shape index (κ1) is 16.1. The summed E-state index contributed by atoms with van der Waals surface area (Å²) in [6.45, 7) is 0.314. The van der Waals surface area contributed by atoms with Crippen LogP contribution in [0.15, 0.2) is 12.1 Å². The number of carbonyl (C=O) groups is 2. The predicted molar refractivity (Wildman–Crippen MR) is 81.8 cm³/mol. The van der Waals surface area contributed by atoms with Gasteiger partial charge in [-0.1, -0.05) is 0 Å². The summed E-state index contributed by atoms with van der Waals surface area (Å²) in [5.41, 5.74) is 1.78. The number of rotatable bonds is 5. The minimum atomic E-state index is -0.329. The third kappa shape index (κ3) is 3.00. The van der Waals surface area contributed by atoms with Crippen LogP contribution >= 0.6 is 0 Å². The largest absolute Gasteiger partial charge is 0.493 e. The van der Waals surface area contributed by atoms with E-state index in [2.05, 4.69) is 4.74 Å². The van der Waals surface area contributed by atoms with Crippen LogP contribution in [0.1, 0.15) is 24.3 Å². The van der Waals surface area contributed by atoms with Gasteiger partial charge in [0, 0.05) is 31.1 Å². The van der Waals surface area contributed by atoms with E-state index < -0.39 is 0 Å². The highest BCUT2D eigenvalue weighted by molar-refractivity contribution is 5.95. The van der Waals surface area contributed by atoms with E-state index in [0.717, 1.165) is 11.3 Å². The van der Waals surface area contributed by atoms with E-state index in [-0.39, 0.29) is 24.1 Å². The van der Waals surface area contributed by atoms with Gasteiger partial charge >= 0.3 is 5.97 Å². The maximum absolute atomic E-state index is 12.4. The Bertz CT molecular complexity index is 584. The molecule has 1 aliphatic heterocycles. The number of anilines is 1. The number of ketones is 1. The maximum atomic E-state index is 12.4. The normalized spacial score (nSPS) is 17.0. The van der Waals surface area contributed by atoms with Gasteiger partial charge in [-0.25, -0.2) is 0 Å². The molecule has 120 valence electrons. The third-order valence-electron chi connectivity index (χ3n) is 3.97. The lowest BCUT2D eigenvalue weighted by Gasteiger charge is -2.32. The molecule has 6 heteroatoms. The minimum absolute atomic E-state index is 0.0890. The summed E-state index contributed by atoms with van der Waals surface area (Å²) in [4.78, 5) is 25.6. The summed E-state index contributed by atoms with van der Waals surface area (Å²) < 4.78 is 15.3. The molecule has 1 unspecified atom stereocenters. The van der Waals surface area contributed by atoms with Crippen LogP contribution in [0.25, 0.3) is 0 Å². The SMILES string of the molecule is COC(=O)CCC1C(=O)CN(C)c2cc(OC)c(OC)cc21. The number of esters is 1. The fraction of sp³-hybridized carbons (Fsp3) is 0.500. The zero-order valence-corrected chi connectivity index (χ0v) is 13.3. The van der Waals surface area contributed by atoms with Crippen LogP contribution in [0.2, 0.25) is 0 Å². The van der Waals surface area contributed by atoms with Crippen molar-refractivity contribution in [2.75, 3.05) is 39.8 Å². The molecule has 22 heavy (non-hydrogen) atoms. The molecule has 0 saturated heterocycles. The molecule has 0 saturated carbocycles.